The zero-order valence-electron chi connectivity index (χ0n) is 14.9. The molecule has 0 fully saturated rings. The van der Waals surface area contributed by atoms with Gasteiger partial charge < -0.3 is 14.8 Å². The largest absolute Gasteiger partial charge is 0.478 e. The van der Waals surface area contributed by atoms with Crippen LogP contribution in [0.2, 0.25) is 10.0 Å². The number of pyridine rings is 1. The van der Waals surface area contributed by atoms with Gasteiger partial charge in [0.05, 0.1) is 10.0 Å². The van der Waals surface area contributed by atoms with Crippen molar-refractivity contribution in [1.29, 1.82) is 0 Å². The Kier molecular flexibility index (Phi) is 6.34. The molecule has 1 heterocycles. The highest BCUT2D eigenvalue weighted by Gasteiger charge is 2.16. The molecule has 28 heavy (non-hydrogen) atoms. The Hall–Kier alpha value is -2.83. The second-order valence-electron chi connectivity index (χ2n) is 5.88. The summed E-state index contributed by atoms with van der Waals surface area (Å²) in [6.45, 7) is 0.964. The average molecular weight is 419 g/mol. The van der Waals surface area contributed by atoms with E-state index in [0.717, 1.165) is 5.69 Å². The number of rotatable bonds is 6. The minimum atomic E-state index is -0.713. The monoisotopic (exact) mass is 418 g/mol. The molecule has 0 bridgehead atoms. The third kappa shape index (κ3) is 4.91. The Balaban J connectivity index is 1.60. The van der Waals surface area contributed by atoms with E-state index >= 15 is 0 Å². The van der Waals surface area contributed by atoms with Crippen LogP contribution in [0, 0.1) is 6.92 Å². The molecule has 1 aromatic heterocycles. The summed E-state index contributed by atoms with van der Waals surface area (Å²) < 4.78 is 10.4. The molecule has 0 spiro atoms. The molecule has 0 aliphatic rings. The predicted molar refractivity (Wildman–Crippen MR) is 108 cm³/mol. The van der Waals surface area contributed by atoms with Crippen LogP contribution in [0.25, 0.3) is 10.9 Å². The molecule has 0 radical (unpaired) electrons. The fraction of sp³-hybridized carbons (Fsp3) is 0.150. The van der Waals surface area contributed by atoms with Gasteiger partial charge in [0, 0.05) is 16.8 Å². The Bertz CT molecular complexity index is 1030. The zero-order valence-corrected chi connectivity index (χ0v) is 16.4. The Morgan fingerprint density at radius 3 is 2.54 bits per heavy atom. The van der Waals surface area contributed by atoms with Gasteiger partial charge >= 0.3 is 5.97 Å². The molecular formula is C20H16Cl2N2O4. The van der Waals surface area contributed by atoms with Crippen molar-refractivity contribution < 1.29 is 19.1 Å². The third-order valence-electron chi connectivity index (χ3n) is 3.73. The molecule has 1 amide bonds. The van der Waals surface area contributed by atoms with Crippen LogP contribution in [-0.2, 0) is 14.3 Å². The summed E-state index contributed by atoms with van der Waals surface area (Å²) in [5.41, 5.74) is 1.81. The molecule has 8 heteroatoms. The SMILES string of the molecule is Cc1ccc2c(Cl)cc(Cl)c(OCC(=O)OCC(=O)Nc3ccccc3)c2n1. The highest BCUT2D eigenvalue weighted by atomic mass is 35.5. The van der Waals surface area contributed by atoms with Crippen molar-refractivity contribution >= 4 is 51.7 Å². The number of carbonyl (C=O) groups is 2. The quantitative estimate of drug-likeness (QED) is 0.599. The molecule has 3 rings (SSSR count). The first-order valence-electron chi connectivity index (χ1n) is 8.32. The maximum absolute atomic E-state index is 11.9. The molecule has 0 atom stereocenters. The van der Waals surface area contributed by atoms with E-state index in [1.54, 1.807) is 30.3 Å². The zero-order chi connectivity index (χ0) is 20.1. The number of amides is 1. The number of nitrogens with zero attached hydrogens (tertiary/aromatic N) is 1. The molecule has 144 valence electrons. The van der Waals surface area contributed by atoms with Crippen LogP contribution in [0.3, 0.4) is 0 Å². The maximum Gasteiger partial charge on any atom is 0.344 e. The number of aromatic nitrogens is 1. The molecule has 3 aromatic rings. The van der Waals surface area contributed by atoms with Crippen LogP contribution in [0.1, 0.15) is 5.69 Å². The van der Waals surface area contributed by atoms with E-state index in [-0.39, 0.29) is 10.8 Å². The molecule has 0 saturated carbocycles. The molecule has 0 unspecified atom stereocenters. The second kappa shape index (κ2) is 8.91. The normalized spacial score (nSPS) is 10.5. The number of hydrogen-bond acceptors (Lipinski definition) is 5. The van der Waals surface area contributed by atoms with Gasteiger partial charge in [-0.3, -0.25) is 4.79 Å². The van der Waals surface area contributed by atoms with Gasteiger partial charge in [-0.1, -0.05) is 41.4 Å². The third-order valence-corrected chi connectivity index (χ3v) is 4.33. The maximum atomic E-state index is 11.9. The van der Waals surface area contributed by atoms with E-state index < -0.39 is 25.1 Å². The molecule has 2 aromatic carbocycles. The number of para-hydroxylation sites is 1. The van der Waals surface area contributed by atoms with E-state index in [2.05, 4.69) is 10.3 Å². The number of ether oxygens (including phenoxy) is 2. The van der Waals surface area contributed by atoms with E-state index in [1.165, 1.54) is 6.07 Å². The summed E-state index contributed by atoms with van der Waals surface area (Å²) in [5.74, 6) is -0.933. The fourth-order valence-electron chi connectivity index (χ4n) is 2.46. The topological polar surface area (TPSA) is 77.5 Å². The lowest BCUT2D eigenvalue weighted by atomic mass is 10.2. The van der Waals surface area contributed by atoms with Crippen molar-refractivity contribution in [2.45, 2.75) is 6.92 Å². The van der Waals surface area contributed by atoms with E-state index in [0.29, 0.717) is 21.6 Å². The van der Waals surface area contributed by atoms with Crippen LogP contribution in [-0.4, -0.2) is 30.1 Å². The van der Waals surface area contributed by atoms with Gasteiger partial charge in [-0.05, 0) is 37.3 Å². The van der Waals surface area contributed by atoms with Gasteiger partial charge in [0.15, 0.2) is 19.0 Å². The molecule has 1 N–H and O–H groups in total. The average Bonchev–Trinajstić information content (AvgIpc) is 2.66. The number of carbonyl (C=O) groups excluding carboxylic acids is 2. The number of hydrogen-bond donors (Lipinski definition) is 1. The van der Waals surface area contributed by atoms with Crippen LogP contribution in [0.4, 0.5) is 5.69 Å². The number of halogens is 2. The lowest BCUT2D eigenvalue weighted by molar-refractivity contribution is -0.149. The van der Waals surface area contributed by atoms with Crippen molar-refractivity contribution in [2.75, 3.05) is 18.5 Å². The number of nitrogens with one attached hydrogen (secondary N) is 1. The number of fused-ring (bicyclic) bond motifs is 1. The highest BCUT2D eigenvalue weighted by Crippen LogP contribution is 2.37. The Labute approximate surface area is 171 Å². The standard InChI is InChI=1S/C20H16Cl2N2O4/c1-12-7-8-14-15(21)9-16(22)20(19(14)23-12)28-11-18(26)27-10-17(25)24-13-5-3-2-4-6-13/h2-9H,10-11H2,1H3,(H,24,25). The Morgan fingerprint density at radius 2 is 1.79 bits per heavy atom. The predicted octanol–water partition coefficient (Wildman–Crippen LogP) is 4.41. The first-order chi connectivity index (χ1) is 13.4. The van der Waals surface area contributed by atoms with E-state index in [9.17, 15) is 9.59 Å². The number of aryl methyl sites for hydroxylation is 1. The lowest BCUT2D eigenvalue weighted by Gasteiger charge is -2.12. The molecule has 6 nitrogen and oxygen atoms in total. The van der Waals surface area contributed by atoms with Crippen LogP contribution in [0.15, 0.2) is 48.5 Å². The van der Waals surface area contributed by atoms with Crippen molar-refractivity contribution in [3.63, 3.8) is 0 Å². The summed E-state index contributed by atoms with van der Waals surface area (Å²) in [7, 11) is 0. The van der Waals surface area contributed by atoms with E-state index in [1.807, 2.05) is 19.1 Å². The minimum Gasteiger partial charge on any atom is -0.478 e. The number of benzene rings is 2. The smallest absolute Gasteiger partial charge is 0.344 e. The van der Waals surface area contributed by atoms with Crippen molar-refractivity contribution in [1.82, 2.24) is 4.98 Å². The molecular weight excluding hydrogens is 403 g/mol. The van der Waals surface area contributed by atoms with Gasteiger partial charge in [-0.25, -0.2) is 9.78 Å². The first kappa shape index (κ1) is 19.9. The van der Waals surface area contributed by atoms with E-state index in [4.69, 9.17) is 32.7 Å². The van der Waals surface area contributed by atoms with Crippen LogP contribution >= 0.6 is 23.2 Å². The van der Waals surface area contributed by atoms with Gasteiger partial charge in [-0.2, -0.15) is 0 Å². The van der Waals surface area contributed by atoms with Gasteiger partial charge in [0.25, 0.3) is 5.91 Å². The molecule has 0 saturated heterocycles. The minimum absolute atomic E-state index is 0.227. The summed E-state index contributed by atoms with van der Waals surface area (Å²) in [4.78, 5) is 28.1. The van der Waals surface area contributed by atoms with Crippen LogP contribution in [0.5, 0.6) is 5.75 Å². The lowest BCUT2D eigenvalue weighted by Crippen LogP contribution is -2.23. The summed E-state index contributed by atoms with van der Waals surface area (Å²) in [6.07, 6.45) is 0. The van der Waals surface area contributed by atoms with Crippen LogP contribution < -0.4 is 10.1 Å². The second-order valence-corrected chi connectivity index (χ2v) is 6.70. The summed E-state index contributed by atoms with van der Waals surface area (Å²) >= 11 is 12.4. The fourth-order valence-corrected chi connectivity index (χ4v) is 3.04. The number of esters is 1. The summed E-state index contributed by atoms with van der Waals surface area (Å²) in [5, 5.41) is 3.93. The number of anilines is 1. The molecule has 0 aliphatic carbocycles. The van der Waals surface area contributed by atoms with Gasteiger partial charge in [-0.15, -0.1) is 0 Å². The van der Waals surface area contributed by atoms with Crippen molar-refractivity contribution in [2.24, 2.45) is 0 Å². The van der Waals surface area contributed by atoms with Crippen molar-refractivity contribution in [3.8, 4) is 5.75 Å². The van der Waals surface area contributed by atoms with Gasteiger partial charge in [0.1, 0.15) is 5.52 Å². The summed E-state index contributed by atoms with van der Waals surface area (Å²) in [6, 6.07) is 14.0. The first-order valence-corrected chi connectivity index (χ1v) is 9.08. The molecule has 0 aliphatic heterocycles. The van der Waals surface area contributed by atoms with Crippen molar-refractivity contribution in [3.05, 3.63) is 64.3 Å². The highest BCUT2D eigenvalue weighted by molar-refractivity contribution is 6.39. The Morgan fingerprint density at radius 1 is 1.04 bits per heavy atom. The van der Waals surface area contributed by atoms with Gasteiger partial charge in [0.2, 0.25) is 0 Å².